The number of hydrogen-bond acceptors (Lipinski definition) is 3. The van der Waals surface area contributed by atoms with Gasteiger partial charge in [-0.2, -0.15) is 0 Å². The molecular weight excluding hydrogens is 396 g/mol. The first-order chi connectivity index (χ1) is 14.5. The smallest absolute Gasteiger partial charge is 0.255 e. The first-order valence-corrected chi connectivity index (χ1v) is 10.4. The van der Waals surface area contributed by atoms with Crippen molar-refractivity contribution in [3.05, 3.63) is 99.6 Å². The SMILES string of the molecule is CC(=O)c1ccc(NC(=O)c2cccc(CN3CCc4ccc(Cl)cc4C3)c2)cc1. The van der Waals surface area contributed by atoms with E-state index < -0.39 is 0 Å². The Morgan fingerprint density at radius 2 is 1.77 bits per heavy atom. The maximum atomic E-state index is 12.7. The highest BCUT2D eigenvalue weighted by Crippen LogP contribution is 2.24. The van der Waals surface area contributed by atoms with Gasteiger partial charge in [-0.3, -0.25) is 14.5 Å². The third kappa shape index (κ3) is 4.78. The molecule has 4 rings (SSSR count). The number of halogens is 1. The van der Waals surface area contributed by atoms with E-state index in [4.69, 9.17) is 11.6 Å². The van der Waals surface area contributed by atoms with Crippen molar-refractivity contribution in [2.45, 2.75) is 26.4 Å². The number of amides is 1. The summed E-state index contributed by atoms with van der Waals surface area (Å²) in [5.74, 6) is -0.161. The van der Waals surface area contributed by atoms with E-state index in [1.54, 1.807) is 24.3 Å². The van der Waals surface area contributed by atoms with Gasteiger partial charge in [0.2, 0.25) is 0 Å². The fourth-order valence-electron chi connectivity index (χ4n) is 3.78. The molecule has 0 aromatic heterocycles. The standard InChI is InChI=1S/C25H23ClN2O2/c1-17(29)19-6-9-24(10-7-19)27-25(30)21-4-2-3-18(13-21)15-28-12-11-20-5-8-23(26)14-22(20)16-28/h2-10,13-14H,11-12,15-16H2,1H3,(H,27,30). The second kappa shape index (κ2) is 8.82. The zero-order chi connectivity index (χ0) is 21.1. The average molecular weight is 419 g/mol. The number of carbonyl (C=O) groups excluding carboxylic acids is 2. The molecule has 152 valence electrons. The largest absolute Gasteiger partial charge is 0.322 e. The van der Waals surface area contributed by atoms with Crippen molar-refractivity contribution in [3.8, 4) is 0 Å². The molecular formula is C25H23ClN2O2. The summed E-state index contributed by atoms with van der Waals surface area (Å²) >= 11 is 6.15. The third-order valence-electron chi connectivity index (χ3n) is 5.40. The monoisotopic (exact) mass is 418 g/mol. The van der Waals surface area contributed by atoms with Crippen LogP contribution in [0.25, 0.3) is 0 Å². The molecule has 1 N–H and O–H groups in total. The fraction of sp³-hybridized carbons (Fsp3) is 0.200. The molecule has 3 aromatic carbocycles. The zero-order valence-corrected chi connectivity index (χ0v) is 17.6. The summed E-state index contributed by atoms with van der Waals surface area (Å²) < 4.78 is 0. The first-order valence-electron chi connectivity index (χ1n) is 9.99. The number of anilines is 1. The summed E-state index contributed by atoms with van der Waals surface area (Å²) in [6.45, 7) is 4.14. The van der Waals surface area contributed by atoms with Crippen LogP contribution < -0.4 is 5.32 Å². The van der Waals surface area contributed by atoms with Crippen LogP contribution in [-0.2, 0) is 19.5 Å². The number of carbonyl (C=O) groups is 2. The Morgan fingerprint density at radius 3 is 2.53 bits per heavy atom. The Hall–Kier alpha value is -2.95. The number of benzene rings is 3. The molecule has 0 saturated heterocycles. The van der Waals surface area contributed by atoms with Gasteiger partial charge in [-0.15, -0.1) is 0 Å². The molecule has 5 heteroatoms. The van der Waals surface area contributed by atoms with Gasteiger partial charge in [0.1, 0.15) is 0 Å². The molecule has 1 aliphatic heterocycles. The molecule has 0 unspecified atom stereocenters. The molecule has 3 aromatic rings. The Morgan fingerprint density at radius 1 is 0.967 bits per heavy atom. The maximum Gasteiger partial charge on any atom is 0.255 e. The molecule has 0 fully saturated rings. The predicted molar refractivity (Wildman–Crippen MR) is 120 cm³/mol. The van der Waals surface area contributed by atoms with E-state index >= 15 is 0 Å². The van der Waals surface area contributed by atoms with Crippen molar-refractivity contribution in [3.63, 3.8) is 0 Å². The summed E-state index contributed by atoms with van der Waals surface area (Å²) in [6.07, 6.45) is 1.00. The minimum atomic E-state index is -0.164. The summed E-state index contributed by atoms with van der Waals surface area (Å²) in [6, 6.07) is 20.7. The number of Topliss-reactive ketones (excluding diaryl/α,β-unsaturated/α-hetero) is 1. The normalized spacial score (nSPS) is 13.5. The van der Waals surface area contributed by atoms with E-state index in [1.165, 1.54) is 18.1 Å². The highest BCUT2D eigenvalue weighted by atomic mass is 35.5. The third-order valence-corrected chi connectivity index (χ3v) is 5.64. The molecule has 1 heterocycles. The molecule has 1 aliphatic rings. The molecule has 0 aliphatic carbocycles. The lowest BCUT2D eigenvalue weighted by Crippen LogP contribution is -2.30. The number of ketones is 1. The van der Waals surface area contributed by atoms with Crippen LogP contribution in [0, 0.1) is 0 Å². The second-order valence-electron chi connectivity index (χ2n) is 7.66. The molecule has 0 saturated carbocycles. The Bertz CT molecular complexity index is 1090. The van der Waals surface area contributed by atoms with Crippen molar-refractivity contribution < 1.29 is 9.59 Å². The molecule has 0 bridgehead atoms. The predicted octanol–water partition coefficient (Wildman–Crippen LogP) is 5.35. The first kappa shape index (κ1) is 20.3. The fourth-order valence-corrected chi connectivity index (χ4v) is 3.97. The molecule has 30 heavy (non-hydrogen) atoms. The van der Waals surface area contributed by atoms with Gasteiger partial charge in [0, 0.05) is 41.5 Å². The summed E-state index contributed by atoms with van der Waals surface area (Å²) in [7, 11) is 0. The van der Waals surface area contributed by atoms with Crippen LogP contribution in [0.3, 0.4) is 0 Å². The quantitative estimate of drug-likeness (QED) is 0.568. The van der Waals surface area contributed by atoms with Gasteiger partial charge >= 0.3 is 0 Å². The minimum absolute atomic E-state index is 0.00295. The van der Waals surface area contributed by atoms with Crippen molar-refractivity contribution >= 4 is 29.0 Å². The van der Waals surface area contributed by atoms with Crippen LogP contribution in [0.5, 0.6) is 0 Å². The van der Waals surface area contributed by atoms with Crippen molar-refractivity contribution in [1.29, 1.82) is 0 Å². The summed E-state index contributed by atoms with van der Waals surface area (Å²) in [5, 5.41) is 3.67. The number of nitrogens with zero attached hydrogens (tertiary/aromatic N) is 1. The molecule has 0 radical (unpaired) electrons. The van der Waals surface area contributed by atoms with E-state index in [9.17, 15) is 9.59 Å². The van der Waals surface area contributed by atoms with E-state index in [0.29, 0.717) is 16.8 Å². The lowest BCUT2D eigenvalue weighted by molar-refractivity contribution is 0.101. The van der Waals surface area contributed by atoms with Gasteiger partial charge in [0.25, 0.3) is 5.91 Å². The topological polar surface area (TPSA) is 49.4 Å². The van der Waals surface area contributed by atoms with E-state index in [2.05, 4.69) is 16.3 Å². The molecule has 0 atom stereocenters. The second-order valence-corrected chi connectivity index (χ2v) is 8.10. The van der Waals surface area contributed by atoms with Crippen LogP contribution in [0.4, 0.5) is 5.69 Å². The highest BCUT2D eigenvalue weighted by molar-refractivity contribution is 6.30. The molecule has 1 amide bonds. The maximum absolute atomic E-state index is 12.7. The van der Waals surface area contributed by atoms with Crippen LogP contribution >= 0.6 is 11.6 Å². The summed E-state index contributed by atoms with van der Waals surface area (Å²) in [4.78, 5) is 26.4. The van der Waals surface area contributed by atoms with Gasteiger partial charge in [-0.1, -0.05) is 29.8 Å². The number of nitrogens with one attached hydrogen (secondary N) is 1. The zero-order valence-electron chi connectivity index (χ0n) is 16.8. The highest BCUT2D eigenvalue weighted by Gasteiger charge is 2.17. The van der Waals surface area contributed by atoms with Crippen LogP contribution in [0.1, 0.15) is 44.3 Å². The van der Waals surface area contributed by atoms with Crippen LogP contribution in [0.2, 0.25) is 5.02 Å². The van der Waals surface area contributed by atoms with Crippen LogP contribution in [-0.4, -0.2) is 23.1 Å². The van der Waals surface area contributed by atoms with Gasteiger partial charge in [-0.05, 0) is 78.6 Å². The molecule has 4 nitrogen and oxygen atoms in total. The number of rotatable bonds is 5. The van der Waals surface area contributed by atoms with Gasteiger partial charge in [0.15, 0.2) is 5.78 Å². The van der Waals surface area contributed by atoms with Crippen molar-refractivity contribution in [2.75, 3.05) is 11.9 Å². The average Bonchev–Trinajstić information content (AvgIpc) is 2.74. The van der Waals surface area contributed by atoms with Gasteiger partial charge in [0.05, 0.1) is 0 Å². The summed E-state index contributed by atoms with van der Waals surface area (Å²) in [5.41, 5.74) is 5.64. The Kier molecular flexibility index (Phi) is 5.98. The van der Waals surface area contributed by atoms with Crippen molar-refractivity contribution in [1.82, 2.24) is 4.90 Å². The van der Waals surface area contributed by atoms with E-state index in [0.717, 1.165) is 36.6 Å². The number of hydrogen-bond donors (Lipinski definition) is 1. The lowest BCUT2D eigenvalue weighted by atomic mass is 9.99. The van der Waals surface area contributed by atoms with Crippen molar-refractivity contribution in [2.24, 2.45) is 0 Å². The van der Waals surface area contributed by atoms with Crippen LogP contribution in [0.15, 0.2) is 66.7 Å². The lowest BCUT2D eigenvalue weighted by Gasteiger charge is -2.29. The van der Waals surface area contributed by atoms with E-state index in [-0.39, 0.29) is 11.7 Å². The van der Waals surface area contributed by atoms with Gasteiger partial charge < -0.3 is 5.32 Å². The minimum Gasteiger partial charge on any atom is -0.322 e. The number of fused-ring (bicyclic) bond motifs is 1. The Balaban J connectivity index is 1.42. The van der Waals surface area contributed by atoms with Gasteiger partial charge in [-0.25, -0.2) is 0 Å². The Labute approximate surface area is 181 Å². The van der Waals surface area contributed by atoms with E-state index in [1.807, 2.05) is 36.4 Å². The molecule has 0 spiro atoms.